The molecule has 0 saturated carbocycles. The molecule has 0 spiro atoms. The Morgan fingerprint density at radius 3 is 3.08 bits per heavy atom. The molecule has 1 heterocycles. The van der Waals surface area contributed by atoms with Crippen molar-refractivity contribution in [3.8, 4) is 0 Å². The maximum absolute atomic E-state index is 11.2. The van der Waals surface area contributed by atoms with Crippen LogP contribution < -0.4 is 0 Å². The van der Waals surface area contributed by atoms with E-state index in [0.717, 1.165) is 10.6 Å². The number of hydrogen-bond donors (Lipinski definition) is 0. The maximum atomic E-state index is 11.2. The molecule has 0 aliphatic heterocycles. The summed E-state index contributed by atoms with van der Waals surface area (Å²) in [5.74, 6) is 0.787. The number of carbonyl (C=O) groups excluding carboxylic acids is 1. The SMILES string of the molecule is CCSSc1ccsc1C(=O)OC. The first-order valence-electron chi connectivity index (χ1n) is 3.74. The molecular weight excluding hydrogens is 224 g/mol. The quantitative estimate of drug-likeness (QED) is 0.590. The van der Waals surface area contributed by atoms with E-state index in [1.54, 1.807) is 21.6 Å². The van der Waals surface area contributed by atoms with Crippen LogP contribution in [0.15, 0.2) is 16.3 Å². The number of thiophene rings is 1. The molecule has 0 N–H and O–H groups in total. The van der Waals surface area contributed by atoms with Crippen LogP contribution in [0.3, 0.4) is 0 Å². The van der Waals surface area contributed by atoms with Crippen molar-refractivity contribution in [1.82, 2.24) is 0 Å². The molecule has 0 bridgehead atoms. The van der Waals surface area contributed by atoms with E-state index in [9.17, 15) is 4.79 Å². The van der Waals surface area contributed by atoms with Gasteiger partial charge in [0.2, 0.25) is 0 Å². The van der Waals surface area contributed by atoms with Crippen LogP contribution >= 0.6 is 32.9 Å². The summed E-state index contributed by atoms with van der Waals surface area (Å²) in [5.41, 5.74) is 0. The van der Waals surface area contributed by atoms with E-state index in [-0.39, 0.29) is 5.97 Å². The normalized spacial score (nSPS) is 10.0. The van der Waals surface area contributed by atoms with Gasteiger partial charge >= 0.3 is 5.97 Å². The third-order valence-corrected chi connectivity index (χ3v) is 4.76. The van der Waals surface area contributed by atoms with Gasteiger partial charge in [0.1, 0.15) is 4.88 Å². The van der Waals surface area contributed by atoms with E-state index in [0.29, 0.717) is 4.88 Å². The molecule has 0 saturated heterocycles. The monoisotopic (exact) mass is 234 g/mol. The Balaban J connectivity index is 2.71. The van der Waals surface area contributed by atoms with Crippen molar-refractivity contribution < 1.29 is 9.53 Å². The van der Waals surface area contributed by atoms with Crippen molar-refractivity contribution in [2.75, 3.05) is 12.9 Å². The molecule has 0 radical (unpaired) electrons. The Morgan fingerprint density at radius 1 is 1.69 bits per heavy atom. The highest BCUT2D eigenvalue weighted by atomic mass is 33.1. The standard InChI is InChI=1S/C8H10O2S3/c1-3-12-13-6-4-5-11-7(6)8(9)10-2/h4-5H,3H2,1-2H3. The second kappa shape index (κ2) is 5.57. The molecule has 72 valence electrons. The molecule has 0 aromatic carbocycles. The Hall–Kier alpha value is -0.130. The van der Waals surface area contributed by atoms with Crippen LogP contribution in [-0.4, -0.2) is 18.8 Å². The van der Waals surface area contributed by atoms with Crippen LogP contribution in [0, 0.1) is 0 Å². The molecule has 0 unspecified atom stereocenters. The minimum atomic E-state index is -0.241. The van der Waals surface area contributed by atoms with Gasteiger partial charge in [0.05, 0.1) is 7.11 Å². The van der Waals surface area contributed by atoms with Crippen molar-refractivity contribution in [3.05, 3.63) is 16.3 Å². The molecule has 5 heteroatoms. The summed E-state index contributed by atoms with van der Waals surface area (Å²) in [6.45, 7) is 2.09. The molecule has 2 nitrogen and oxygen atoms in total. The Kier molecular flexibility index (Phi) is 4.69. The van der Waals surface area contributed by atoms with Gasteiger partial charge in [-0.3, -0.25) is 0 Å². The van der Waals surface area contributed by atoms with Gasteiger partial charge in [0.15, 0.2) is 0 Å². The topological polar surface area (TPSA) is 26.3 Å². The second-order valence-corrected chi connectivity index (χ2v) is 5.64. The lowest BCUT2D eigenvalue weighted by atomic mass is 10.5. The highest BCUT2D eigenvalue weighted by molar-refractivity contribution is 8.76. The van der Waals surface area contributed by atoms with E-state index in [1.807, 2.05) is 11.4 Å². The van der Waals surface area contributed by atoms with Crippen LogP contribution in [0.1, 0.15) is 16.6 Å². The smallest absolute Gasteiger partial charge is 0.349 e. The fourth-order valence-corrected chi connectivity index (χ4v) is 3.62. The van der Waals surface area contributed by atoms with E-state index < -0.39 is 0 Å². The second-order valence-electron chi connectivity index (χ2n) is 2.10. The van der Waals surface area contributed by atoms with Gasteiger partial charge in [-0.15, -0.1) is 11.3 Å². The van der Waals surface area contributed by atoms with Crippen molar-refractivity contribution in [2.24, 2.45) is 0 Å². The zero-order chi connectivity index (χ0) is 9.68. The first-order valence-corrected chi connectivity index (χ1v) is 6.94. The summed E-state index contributed by atoms with van der Waals surface area (Å²) >= 11 is 1.42. The zero-order valence-corrected chi connectivity index (χ0v) is 9.85. The molecule has 0 aliphatic carbocycles. The average molecular weight is 234 g/mol. The van der Waals surface area contributed by atoms with Crippen LogP contribution in [0.25, 0.3) is 0 Å². The predicted molar refractivity (Wildman–Crippen MR) is 59.6 cm³/mol. The van der Waals surface area contributed by atoms with Crippen molar-refractivity contribution in [2.45, 2.75) is 11.8 Å². The van der Waals surface area contributed by atoms with Gasteiger partial charge in [-0.2, -0.15) is 0 Å². The van der Waals surface area contributed by atoms with Crippen LogP contribution in [-0.2, 0) is 4.74 Å². The molecule has 0 atom stereocenters. The van der Waals surface area contributed by atoms with Crippen LogP contribution in [0.2, 0.25) is 0 Å². The molecule has 1 rings (SSSR count). The molecule has 1 aromatic rings. The summed E-state index contributed by atoms with van der Waals surface area (Å²) in [4.78, 5) is 12.9. The number of hydrogen-bond acceptors (Lipinski definition) is 5. The van der Waals surface area contributed by atoms with E-state index in [1.165, 1.54) is 18.4 Å². The lowest BCUT2D eigenvalue weighted by Crippen LogP contribution is -1.98. The van der Waals surface area contributed by atoms with Crippen molar-refractivity contribution in [1.29, 1.82) is 0 Å². The van der Waals surface area contributed by atoms with Crippen LogP contribution in [0.5, 0.6) is 0 Å². The summed E-state index contributed by atoms with van der Waals surface area (Å²) < 4.78 is 4.66. The van der Waals surface area contributed by atoms with Crippen LogP contribution in [0.4, 0.5) is 0 Å². The van der Waals surface area contributed by atoms with Gasteiger partial charge in [-0.1, -0.05) is 28.5 Å². The summed E-state index contributed by atoms with van der Waals surface area (Å²) in [6.07, 6.45) is 0. The van der Waals surface area contributed by atoms with Crippen molar-refractivity contribution >= 4 is 38.9 Å². The van der Waals surface area contributed by atoms with E-state index >= 15 is 0 Å². The minimum absolute atomic E-state index is 0.241. The summed E-state index contributed by atoms with van der Waals surface area (Å²) in [7, 11) is 4.75. The van der Waals surface area contributed by atoms with E-state index in [4.69, 9.17) is 0 Å². The number of methoxy groups -OCH3 is 1. The Labute approximate surface area is 89.5 Å². The zero-order valence-electron chi connectivity index (χ0n) is 7.40. The first-order chi connectivity index (χ1) is 6.29. The van der Waals surface area contributed by atoms with Gasteiger partial charge < -0.3 is 4.74 Å². The number of esters is 1. The van der Waals surface area contributed by atoms with Crippen molar-refractivity contribution in [3.63, 3.8) is 0 Å². The highest BCUT2D eigenvalue weighted by Gasteiger charge is 2.13. The Morgan fingerprint density at radius 2 is 2.46 bits per heavy atom. The van der Waals surface area contributed by atoms with Gasteiger partial charge in [0, 0.05) is 10.6 Å². The minimum Gasteiger partial charge on any atom is -0.465 e. The fourth-order valence-electron chi connectivity index (χ4n) is 0.727. The summed E-state index contributed by atoms with van der Waals surface area (Å²) in [6, 6.07) is 1.95. The lowest BCUT2D eigenvalue weighted by molar-refractivity contribution is 0.0603. The number of carbonyl (C=O) groups is 1. The molecule has 13 heavy (non-hydrogen) atoms. The lowest BCUT2D eigenvalue weighted by Gasteiger charge is -1.99. The summed E-state index contributed by atoms with van der Waals surface area (Å²) in [5, 5.41) is 1.91. The molecule has 0 fully saturated rings. The first kappa shape index (κ1) is 10.9. The molecule has 0 aliphatic rings. The third kappa shape index (κ3) is 2.93. The molecule has 0 amide bonds. The maximum Gasteiger partial charge on any atom is 0.349 e. The van der Waals surface area contributed by atoms with Gasteiger partial charge in [-0.05, 0) is 11.4 Å². The fraction of sp³-hybridized carbons (Fsp3) is 0.375. The molecular formula is C8H10O2S3. The average Bonchev–Trinajstić information content (AvgIpc) is 2.61. The highest BCUT2D eigenvalue weighted by Crippen LogP contribution is 2.36. The Bertz CT molecular complexity index is 283. The van der Waals surface area contributed by atoms with Gasteiger partial charge in [0.25, 0.3) is 0 Å². The van der Waals surface area contributed by atoms with E-state index in [2.05, 4.69) is 11.7 Å². The number of rotatable bonds is 4. The third-order valence-electron chi connectivity index (χ3n) is 1.27. The largest absolute Gasteiger partial charge is 0.465 e. The number of ether oxygens (including phenoxy) is 1. The predicted octanol–water partition coefficient (Wildman–Crippen LogP) is 3.29. The van der Waals surface area contributed by atoms with Gasteiger partial charge in [-0.25, -0.2) is 4.79 Å². The molecule has 1 aromatic heterocycles.